The summed E-state index contributed by atoms with van der Waals surface area (Å²) in [5.41, 5.74) is 1.83. The lowest BCUT2D eigenvalue weighted by atomic mass is 10.3. The second-order valence-electron chi connectivity index (χ2n) is 3.54. The van der Waals surface area contributed by atoms with Crippen LogP contribution in [0.2, 0.25) is 0 Å². The molecule has 0 aliphatic rings. The number of anilines is 2. The highest BCUT2D eigenvalue weighted by molar-refractivity contribution is 6.29. The number of benzene rings is 2. The highest BCUT2D eigenvalue weighted by Gasteiger charge is 2.08. The summed E-state index contributed by atoms with van der Waals surface area (Å²) in [6.07, 6.45) is 0. The second kappa shape index (κ2) is 5.80. The van der Waals surface area contributed by atoms with Crippen molar-refractivity contribution >= 4 is 34.9 Å². The maximum Gasteiger partial charge on any atom is 0.121 e. The number of nitrogens with zero attached hydrogens (tertiary/aromatic N) is 2. The van der Waals surface area contributed by atoms with E-state index in [4.69, 9.17) is 23.6 Å². The lowest BCUT2D eigenvalue weighted by Gasteiger charge is -2.22. The SMILES string of the molecule is ClN(CN(Cl)c1ccccc1)c1ccccc1. The van der Waals surface area contributed by atoms with E-state index in [0.717, 1.165) is 11.4 Å². The van der Waals surface area contributed by atoms with Gasteiger partial charge in [0.15, 0.2) is 0 Å². The molecule has 0 amide bonds. The van der Waals surface area contributed by atoms with Gasteiger partial charge in [0, 0.05) is 23.6 Å². The fraction of sp³-hybridized carbons (Fsp3) is 0.0769. The zero-order valence-corrected chi connectivity index (χ0v) is 10.6. The number of rotatable bonds is 4. The second-order valence-corrected chi connectivity index (χ2v) is 4.35. The minimum Gasteiger partial charge on any atom is -0.265 e. The Bertz CT molecular complexity index is 404. The molecule has 0 saturated heterocycles. The molecule has 0 aliphatic carbocycles. The lowest BCUT2D eigenvalue weighted by molar-refractivity contribution is 1.03. The van der Waals surface area contributed by atoms with Gasteiger partial charge in [-0.1, -0.05) is 36.4 Å². The van der Waals surface area contributed by atoms with Gasteiger partial charge in [-0.2, -0.15) is 0 Å². The van der Waals surface area contributed by atoms with Crippen LogP contribution in [0.5, 0.6) is 0 Å². The molecule has 0 radical (unpaired) electrons. The molecule has 0 atom stereocenters. The van der Waals surface area contributed by atoms with E-state index in [1.54, 1.807) is 8.84 Å². The summed E-state index contributed by atoms with van der Waals surface area (Å²) in [4.78, 5) is 0. The van der Waals surface area contributed by atoms with E-state index in [2.05, 4.69) is 0 Å². The molecule has 0 aromatic heterocycles. The van der Waals surface area contributed by atoms with Crippen LogP contribution in [0.15, 0.2) is 60.7 Å². The zero-order valence-electron chi connectivity index (χ0n) is 9.13. The topological polar surface area (TPSA) is 6.48 Å². The van der Waals surface area contributed by atoms with Crippen LogP contribution in [0.3, 0.4) is 0 Å². The van der Waals surface area contributed by atoms with Crippen molar-refractivity contribution in [2.45, 2.75) is 0 Å². The molecule has 2 aromatic rings. The summed E-state index contributed by atoms with van der Waals surface area (Å²) in [6, 6.07) is 19.4. The van der Waals surface area contributed by atoms with E-state index < -0.39 is 0 Å². The smallest absolute Gasteiger partial charge is 0.121 e. The van der Waals surface area contributed by atoms with Crippen molar-refractivity contribution in [3.63, 3.8) is 0 Å². The van der Waals surface area contributed by atoms with Gasteiger partial charge in [-0.05, 0) is 24.3 Å². The molecule has 0 unspecified atom stereocenters. The molecule has 88 valence electrons. The Morgan fingerprint density at radius 3 is 1.35 bits per heavy atom. The Labute approximate surface area is 111 Å². The van der Waals surface area contributed by atoms with Crippen molar-refractivity contribution in [3.05, 3.63) is 60.7 Å². The summed E-state index contributed by atoms with van der Waals surface area (Å²) >= 11 is 12.3. The average Bonchev–Trinajstić information content (AvgIpc) is 2.40. The third-order valence-corrected chi connectivity index (χ3v) is 2.93. The minimum atomic E-state index is 0.400. The van der Waals surface area contributed by atoms with Gasteiger partial charge in [0.25, 0.3) is 0 Å². The fourth-order valence-electron chi connectivity index (χ4n) is 1.45. The standard InChI is InChI=1S/C13H12Cl2N2/c14-16(12-7-3-1-4-8-12)11-17(15)13-9-5-2-6-10-13/h1-10H,11H2. The summed E-state index contributed by atoms with van der Waals surface area (Å²) in [6.45, 7) is 0.400. The molecule has 17 heavy (non-hydrogen) atoms. The average molecular weight is 267 g/mol. The molecule has 2 aromatic carbocycles. The van der Waals surface area contributed by atoms with Crippen LogP contribution in [-0.4, -0.2) is 6.67 Å². The molecule has 0 bridgehead atoms. The van der Waals surface area contributed by atoms with Crippen molar-refractivity contribution in [1.29, 1.82) is 0 Å². The summed E-state index contributed by atoms with van der Waals surface area (Å²) in [5.74, 6) is 0. The first-order valence-corrected chi connectivity index (χ1v) is 5.92. The third kappa shape index (κ3) is 3.29. The monoisotopic (exact) mass is 266 g/mol. The zero-order chi connectivity index (χ0) is 12.1. The van der Waals surface area contributed by atoms with E-state index in [0.29, 0.717) is 6.67 Å². The Morgan fingerprint density at radius 2 is 1.00 bits per heavy atom. The van der Waals surface area contributed by atoms with Gasteiger partial charge in [-0.3, -0.25) is 8.84 Å². The van der Waals surface area contributed by atoms with Crippen LogP contribution in [0.4, 0.5) is 11.4 Å². The highest BCUT2D eigenvalue weighted by atomic mass is 35.5. The molecule has 2 rings (SSSR count). The molecule has 0 fully saturated rings. The Hall–Kier alpha value is -1.38. The summed E-state index contributed by atoms with van der Waals surface area (Å²) in [5, 5.41) is 0. The van der Waals surface area contributed by atoms with E-state index in [-0.39, 0.29) is 0 Å². The van der Waals surface area contributed by atoms with Crippen molar-refractivity contribution in [3.8, 4) is 0 Å². The van der Waals surface area contributed by atoms with Gasteiger partial charge in [-0.15, -0.1) is 0 Å². The van der Waals surface area contributed by atoms with Gasteiger partial charge in [0.2, 0.25) is 0 Å². The van der Waals surface area contributed by atoms with E-state index >= 15 is 0 Å². The molecule has 0 heterocycles. The molecule has 0 saturated carbocycles. The minimum absolute atomic E-state index is 0.400. The quantitative estimate of drug-likeness (QED) is 0.603. The summed E-state index contributed by atoms with van der Waals surface area (Å²) < 4.78 is 3.14. The van der Waals surface area contributed by atoms with Crippen molar-refractivity contribution in [1.82, 2.24) is 0 Å². The fourth-order valence-corrected chi connectivity index (χ4v) is 1.95. The van der Waals surface area contributed by atoms with Gasteiger partial charge < -0.3 is 0 Å². The van der Waals surface area contributed by atoms with Crippen LogP contribution in [-0.2, 0) is 0 Å². The first kappa shape index (κ1) is 12.1. The van der Waals surface area contributed by atoms with E-state index in [9.17, 15) is 0 Å². The number of hydrogen-bond donors (Lipinski definition) is 0. The molecular formula is C13H12Cl2N2. The molecule has 0 spiro atoms. The van der Waals surface area contributed by atoms with E-state index in [1.807, 2.05) is 60.7 Å². The number of halogens is 2. The Kier molecular flexibility index (Phi) is 4.13. The largest absolute Gasteiger partial charge is 0.265 e. The van der Waals surface area contributed by atoms with E-state index in [1.165, 1.54) is 0 Å². The number of hydrogen-bond acceptors (Lipinski definition) is 2. The molecule has 0 N–H and O–H groups in total. The molecule has 0 aliphatic heterocycles. The van der Waals surface area contributed by atoms with Crippen LogP contribution in [0.25, 0.3) is 0 Å². The van der Waals surface area contributed by atoms with Crippen molar-refractivity contribution in [2.75, 3.05) is 15.5 Å². The highest BCUT2D eigenvalue weighted by Crippen LogP contribution is 2.21. The predicted molar refractivity (Wildman–Crippen MR) is 74.4 cm³/mol. The number of para-hydroxylation sites is 2. The molecule has 4 heteroatoms. The van der Waals surface area contributed by atoms with Crippen LogP contribution in [0, 0.1) is 0 Å². The molecule has 2 nitrogen and oxygen atoms in total. The normalized spacial score (nSPS) is 10.0. The third-order valence-electron chi connectivity index (χ3n) is 2.32. The van der Waals surface area contributed by atoms with Crippen LogP contribution in [0.1, 0.15) is 0 Å². The van der Waals surface area contributed by atoms with Gasteiger partial charge in [-0.25, -0.2) is 0 Å². The Balaban J connectivity index is 2.02. The molecular weight excluding hydrogens is 255 g/mol. The van der Waals surface area contributed by atoms with Gasteiger partial charge >= 0.3 is 0 Å². The Morgan fingerprint density at radius 1 is 0.647 bits per heavy atom. The maximum atomic E-state index is 6.16. The lowest BCUT2D eigenvalue weighted by Crippen LogP contribution is -2.25. The summed E-state index contributed by atoms with van der Waals surface area (Å²) in [7, 11) is 0. The van der Waals surface area contributed by atoms with Crippen LogP contribution >= 0.6 is 23.6 Å². The first-order chi connectivity index (χ1) is 8.27. The van der Waals surface area contributed by atoms with Crippen molar-refractivity contribution in [2.24, 2.45) is 0 Å². The first-order valence-electron chi connectivity index (χ1n) is 5.24. The van der Waals surface area contributed by atoms with Gasteiger partial charge in [0.1, 0.15) is 6.67 Å². The van der Waals surface area contributed by atoms with Crippen molar-refractivity contribution < 1.29 is 0 Å². The predicted octanol–water partition coefficient (Wildman–Crippen LogP) is 4.26. The van der Waals surface area contributed by atoms with Crippen LogP contribution < -0.4 is 8.84 Å². The maximum absolute atomic E-state index is 6.16. The van der Waals surface area contributed by atoms with Gasteiger partial charge in [0.05, 0.1) is 11.4 Å².